The second-order valence-corrected chi connectivity index (χ2v) is 13.6. The van der Waals surface area contributed by atoms with Crippen molar-refractivity contribution in [2.45, 2.75) is 70.2 Å². The fourth-order valence-corrected chi connectivity index (χ4v) is 6.40. The molecule has 0 aliphatic carbocycles. The van der Waals surface area contributed by atoms with Gasteiger partial charge in [-0.15, -0.1) is 0 Å². The van der Waals surface area contributed by atoms with Crippen molar-refractivity contribution in [3.63, 3.8) is 0 Å². The van der Waals surface area contributed by atoms with E-state index >= 15 is 0 Å². The molecular formula is C31H33Cl3F3N3O4S. The van der Waals surface area contributed by atoms with Crippen molar-refractivity contribution in [3.05, 3.63) is 92.4 Å². The van der Waals surface area contributed by atoms with E-state index in [2.05, 4.69) is 5.32 Å². The predicted molar refractivity (Wildman–Crippen MR) is 171 cm³/mol. The average Bonchev–Trinajstić information content (AvgIpc) is 2.97. The summed E-state index contributed by atoms with van der Waals surface area (Å²) in [6.45, 7) is 6.00. The van der Waals surface area contributed by atoms with Crippen molar-refractivity contribution in [3.8, 4) is 0 Å². The lowest BCUT2D eigenvalue weighted by Crippen LogP contribution is -2.53. The summed E-state index contributed by atoms with van der Waals surface area (Å²) >= 11 is 18.1. The zero-order valence-corrected chi connectivity index (χ0v) is 28.0. The van der Waals surface area contributed by atoms with E-state index in [-0.39, 0.29) is 33.9 Å². The smallest absolute Gasteiger partial charge is 0.352 e. The van der Waals surface area contributed by atoms with Crippen LogP contribution in [0.25, 0.3) is 0 Å². The Kier molecular flexibility index (Phi) is 12.2. The Morgan fingerprint density at radius 3 is 2.07 bits per heavy atom. The number of halogens is 6. The molecule has 0 heterocycles. The number of carbonyl (C=O) groups is 2. The lowest BCUT2D eigenvalue weighted by atomic mass is 10.1. The number of hydrogen-bond donors (Lipinski definition) is 1. The van der Waals surface area contributed by atoms with Gasteiger partial charge < -0.3 is 10.2 Å². The van der Waals surface area contributed by atoms with Crippen LogP contribution < -0.4 is 9.62 Å². The molecule has 14 heteroatoms. The second-order valence-electron chi connectivity index (χ2n) is 10.5. The molecule has 0 spiro atoms. The van der Waals surface area contributed by atoms with Gasteiger partial charge in [0.15, 0.2) is 0 Å². The van der Waals surface area contributed by atoms with E-state index in [4.69, 9.17) is 34.8 Å². The van der Waals surface area contributed by atoms with E-state index in [1.807, 2.05) is 6.92 Å². The number of alkyl halides is 3. The molecule has 0 radical (unpaired) electrons. The van der Waals surface area contributed by atoms with Gasteiger partial charge in [0.1, 0.15) is 12.6 Å². The van der Waals surface area contributed by atoms with Crippen LogP contribution in [0.4, 0.5) is 18.9 Å². The van der Waals surface area contributed by atoms with E-state index in [0.717, 1.165) is 17.7 Å². The quantitative estimate of drug-likeness (QED) is 0.208. The number of benzene rings is 3. The number of rotatable bonds is 12. The Hall–Kier alpha value is -2.99. The van der Waals surface area contributed by atoms with Crippen molar-refractivity contribution >= 4 is 62.3 Å². The van der Waals surface area contributed by atoms with Crippen molar-refractivity contribution in [2.75, 3.05) is 10.8 Å². The van der Waals surface area contributed by atoms with Crippen LogP contribution in [0.15, 0.2) is 65.6 Å². The summed E-state index contributed by atoms with van der Waals surface area (Å²) in [5.74, 6) is -1.31. The first-order valence-corrected chi connectivity index (χ1v) is 16.6. The molecule has 0 fully saturated rings. The lowest BCUT2D eigenvalue weighted by molar-refractivity contribution is -0.140. The van der Waals surface area contributed by atoms with Gasteiger partial charge in [0, 0.05) is 12.6 Å². The molecule has 0 saturated carbocycles. The molecular weight excluding hydrogens is 674 g/mol. The minimum Gasteiger partial charge on any atom is -0.352 e. The Balaban J connectivity index is 2.16. The standard InChI is InChI=1S/C31H33Cl3F3N3O4S/c1-5-20(4)38-30(42)28(6-2)39(17-21-9-13-26(33)27(34)15-21)29(41)18-40(45(43,44)23-11-7-19(3)8-12-23)22-10-14-25(32)24(16-22)31(35,36)37/h7-16,20,28H,5-6,17-18H2,1-4H3,(H,38,42)/t20-,28+/m1/s1. The highest BCUT2D eigenvalue weighted by Crippen LogP contribution is 2.38. The van der Waals surface area contributed by atoms with Crippen LogP contribution in [0.2, 0.25) is 15.1 Å². The summed E-state index contributed by atoms with van der Waals surface area (Å²) in [7, 11) is -4.60. The van der Waals surface area contributed by atoms with Gasteiger partial charge in [-0.05, 0) is 74.7 Å². The van der Waals surface area contributed by atoms with Crippen molar-refractivity contribution < 1.29 is 31.2 Å². The average molecular weight is 707 g/mol. The van der Waals surface area contributed by atoms with Crippen molar-refractivity contribution in [1.29, 1.82) is 0 Å². The normalized spacial score (nSPS) is 13.2. The van der Waals surface area contributed by atoms with Gasteiger partial charge in [-0.3, -0.25) is 13.9 Å². The monoisotopic (exact) mass is 705 g/mol. The molecule has 7 nitrogen and oxygen atoms in total. The zero-order chi connectivity index (χ0) is 33.7. The molecule has 2 amide bonds. The summed E-state index contributed by atoms with van der Waals surface area (Å²) in [6, 6.07) is 11.6. The van der Waals surface area contributed by atoms with Gasteiger partial charge in [0.05, 0.1) is 31.2 Å². The molecule has 0 aliphatic heterocycles. The first kappa shape index (κ1) is 36.5. The molecule has 0 aliphatic rings. The molecule has 1 N–H and O–H groups in total. The Morgan fingerprint density at radius 2 is 1.51 bits per heavy atom. The molecule has 0 saturated heterocycles. The van der Waals surface area contributed by atoms with E-state index in [0.29, 0.717) is 22.4 Å². The molecule has 3 rings (SSSR count). The van der Waals surface area contributed by atoms with Crippen molar-refractivity contribution in [1.82, 2.24) is 10.2 Å². The molecule has 0 unspecified atom stereocenters. The number of nitrogens with one attached hydrogen (secondary N) is 1. The minimum absolute atomic E-state index is 0.152. The van der Waals surface area contributed by atoms with Gasteiger partial charge >= 0.3 is 6.18 Å². The number of nitrogens with zero attached hydrogens (tertiary/aromatic N) is 2. The van der Waals surface area contributed by atoms with Gasteiger partial charge in [-0.2, -0.15) is 13.2 Å². The second kappa shape index (κ2) is 15.1. The minimum atomic E-state index is -4.91. The molecule has 244 valence electrons. The summed E-state index contributed by atoms with van der Waals surface area (Å²) < 4.78 is 70.0. The summed E-state index contributed by atoms with van der Waals surface area (Å²) in [5.41, 5.74) is -0.475. The van der Waals surface area contributed by atoms with Crippen LogP contribution in [-0.4, -0.2) is 43.8 Å². The largest absolute Gasteiger partial charge is 0.417 e. The number of carbonyl (C=O) groups excluding carboxylic acids is 2. The Labute approximate surface area is 276 Å². The molecule has 3 aromatic rings. The van der Waals surface area contributed by atoms with Gasteiger partial charge in [-0.25, -0.2) is 8.42 Å². The molecule has 0 bridgehead atoms. The highest BCUT2D eigenvalue weighted by atomic mass is 35.5. The molecule has 45 heavy (non-hydrogen) atoms. The first-order chi connectivity index (χ1) is 21.0. The fourth-order valence-electron chi connectivity index (χ4n) is 4.45. The molecule has 2 atom stereocenters. The van der Waals surface area contributed by atoms with E-state index < -0.39 is 56.9 Å². The maximum absolute atomic E-state index is 14.2. The van der Waals surface area contributed by atoms with Crippen LogP contribution in [0.5, 0.6) is 0 Å². The summed E-state index contributed by atoms with van der Waals surface area (Å²) in [6.07, 6.45) is -4.14. The van der Waals surface area contributed by atoms with Gasteiger partial charge in [0.25, 0.3) is 10.0 Å². The van der Waals surface area contributed by atoms with Crippen LogP contribution in [-0.2, 0) is 32.3 Å². The number of anilines is 1. The lowest BCUT2D eigenvalue weighted by Gasteiger charge is -2.34. The van der Waals surface area contributed by atoms with Crippen molar-refractivity contribution in [2.24, 2.45) is 0 Å². The van der Waals surface area contributed by atoms with Gasteiger partial charge in [0.2, 0.25) is 11.8 Å². The van der Waals surface area contributed by atoms with Crippen LogP contribution in [0.1, 0.15) is 50.3 Å². The summed E-state index contributed by atoms with van der Waals surface area (Å²) in [5, 5.41) is 2.67. The third-order valence-corrected chi connectivity index (χ3v) is 10.0. The molecule has 0 aromatic heterocycles. The van der Waals surface area contributed by atoms with Gasteiger partial charge in [-0.1, -0.05) is 72.4 Å². The number of aryl methyl sites for hydroxylation is 1. The van der Waals surface area contributed by atoms with Crippen LogP contribution >= 0.6 is 34.8 Å². The Morgan fingerprint density at radius 1 is 0.889 bits per heavy atom. The highest BCUT2D eigenvalue weighted by Gasteiger charge is 2.37. The maximum Gasteiger partial charge on any atom is 0.417 e. The first-order valence-electron chi connectivity index (χ1n) is 14.0. The number of hydrogen-bond acceptors (Lipinski definition) is 4. The van der Waals surface area contributed by atoms with Crippen LogP contribution in [0.3, 0.4) is 0 Å². The van der Waals surface area contributed by atoms with E-state index in [1.165, 1.54) is 41.3 Å². The number of amides is 2. The highest BCUT2D eigenvalue weighted by molar-refractivity contribution is 7.92. The predicted octanol–water partition coefficient (Wildman–Crippen LogP) is 7.89. The fraction of sp³-hybridized carbons (Fsp3) is 0.355. The molecule has 3 aromatic carbocycles. The summed E-state index contributed by atoms with van der Waals surface area (Å²) in [4.78, 5) is 28.5. The third-order valence-electron chi connectivity index (χ3n) is 7.16. The topological polar surface area (TPSA) is 86.8 Å². The van der Waals surface area contributed by atoms with Crippen LogP contribution in [0, 0.1) is 6.92 Å². The SMILES string of the molecule is CC[C@@H](C)NC(=O)[C@H](CC)N(Cc1ccc(Cl)c(Cl)c1)C(=O)CN(c1ccc(Cl)c(C(F)(F)F)c1)S(=O)(=O)c1ccc(C)cc1. The Bertz CT molecular complexity index is 1640. The zero-order valence-electron chi connectivity index (χ0n) is 25.0. The van der Waals surface area contributed by atoms with E-state index in [1.54, 1.807) is 26.8 Å². The third kappa shape index (κ3) is 9.06. The maximum atomic E-state index is 14.2. The number of sulfonamides is 1. The van der Waals surface area contributed by atoms with E-state index in [9.17, 15) is 31.2 Å².